The van der Waals surface area contributed by atoms with Crippen LogP contribution in [0.15, 0.2) is 94.6 Å². The summed E-state index contributed by atoms with van der Waals surface area (Å²) in [5.74, 6) is 2.57. The maximum atomic E-state index is 6.83. The molecule has 5 rings (SSSR count). The number of nitrogens with zero attached hydrogens (tertiary/aromatic N) is 1. The third kappa shape index (κ3) is 4.89. The molecular formula is C32H40N2O2. The number of fused-ring (bicyclic) bond motifs is 1. The average Bonchev–Trinajstić information content (AvgIpc) is 3.16. The minimum absolute atomic E-state index is 0.0175. The van der Waals surface area contributed by atoms with Crippen LogP contribution >= 0.6 is 0 Å². The van der Waals surface area contributed by atoms with Crippen molar-refractivity contribution in [3.8, 4) is 0 Å². The van der Waals surface area contributed by atoms with Crippen LogP contribution in [-0.2, 0) is 9.47 Å². The van der Waals surface area contributed by atoms with Crippen LogP contribution in [0.3, 0.4) is 0 Å². The molecule has 1 unspecified atom stereocenters. The maximum absolute atomic E-state index is 6.83. The molecule has 36 heavy (non-hydrogen) atoms. The first kappa shape index (κ1) is 24.9. The van der Waals surface area contributed by atoms with Crippen LogP contribution < -0.4 is 5.73 Å². The number of benzene rings is 2. The molecule has 4 nitrogen and oxygen atoms in total. The number of ether oxygens (including phenoxy) is 2. The van der Waals surface area contributed by atoms with Crippen molar-refractivity contribution in [1.29, 1.82) is 0 Å². The zero-order chi connectivity index (χ0) is 25.3. The lowest BCUT2D eigenvalue weighted by Gasteiger charge is -2.38. The molecule has 2 heterocycles. The average molecular weight is 485 g/mol. The minimum Gasteiger partial charge on any atom is -0.466 e. The third-order valence-corrected chi connectivity index (χ3v) is 8.41. The summed E-state index contributed by atoms with van der Waals surface area (Å²) in [7, 11) is 0. The summed E-state index contributed by atoms with van der Waals surface area (Å²) in [4.78, 5) is 2.61. The van der Waals surface area contributed by atoms with Gasteiger partial charge < -0.3 is 20.1 Å². The first-order chi connectivity index (χ1) is 17.4. The Labute approximate surface area is 216 Å². The van der Waals surface area contributed by atoms with E-state index in [4.69, 9.17) is 15.2 Å². The first-order valence-electron chi connectivity index (χ1n) is 13.4. The molecule has 0 saturated carbocycles. The van der Waals surface area contributed by atoms with E-state index in [1.165, 1.54) is 27.8 Å². The Morgan fingerprint density at radius 3 is 2.11 bits per heavy atom. The number of hydrogen-bond donors (Lipinski definition) is 1. The van der Waals surface area contributed by atoms with Gasteiger partial charge in [-0.2, -0.15) is 0 Å². The molecule has 0 bridgehead atoms. The molecule has 1 aliphatic carbocycles. The fourth-order valence-corrected chi connectivity index (χ4v) is 6.13. The van der Waals surface area contributed by atoms with Gasteiger partial charge in [0.15, 0.2) is 0 Å². The predicted octanol–water partition coefficient (Wildman–Crippen LogP) is 6.73. The third-order valence-electron chi connectivity index (χ3n) is 8.41. The Morgan fingerprint density at radius 1 is 0.944 bits per heavy atom. The number of likely N-dealkylation sites (tertiary alicyclic amines) is 1. The van der Waals surface area contributed by atoms with Gasteiger partial charge in [-0.1, -0.05) is 67.6 Å². The molecule has 2 N–H and O–H groups in total. The topological polar surface area (TPSA) is 47.7 Å². The zero-order valence-corrected chi connectivity index (χ0v) is 22.2. The van der Waals surface area contributed by atoms with Crippen molar-refractivity contribution in [2.24, 2.45) is 17.1 Å². The minimum atomic E-state index is -0.0454. The summed E-state index contributed by atoms with van der Waals surface area (Å²) < 4.78 is 12.6. The molecule has 3 aliphatic rings. The van der Waals surface area contributed by atoms with E-state index in [0.29, 0.717) is 5.92 Å². The lowest BCUT2D eigenvalue weighted by molar-refractivity contribution is 0.0269. The van der Waals surface area contributed by atoms with Crippen molar-refractivity contribution in [1.82, 2.24) is 4.90 Å². The van der Waals surface area contributed by atoms with Crippen LogP contribution in [0.1, 0.15) is 64.2 Å². The monoisotopic (exact) mass is 484 g/mol. The Morgan fingerprint density at radius 2 is 1.53 bits per heavy atom. The molecule has 4 heteroatoms. The molecule has 1 atom stereocenters. The standard InChI is InChI=1S/C32H40N2O2/c1-22-23(2)36-24(3)28-19-32(4,31(33)29(22)28)21-34-17-15-25(16-18-34)20-35-30(26-11-7-5-8-12-26)27-13-9-6-10-14-27/h5-14,25,30H,15-21,33H2,1-4H3. The summed E-state index contributed by atoms with van der Waals surface area (Å²) in [5, 5.41) is 0. The van der Waals surface area contributed by atoms with Crippen LogP contribution in [0, 0.1) is 11.3 Å². The molecule has 0 aromatic heterocycles. The van der Waals surface area contributed by atoms with Crippen LogP contribution in [0.5, 0.6) is 0 Å². The Balaban J connectivity index is 1.20. The fourth-order valence-electron chi connectivity index (χ4n) is 6.13. The van der Waals surface area contributed by atoms with Crippen molar-refractivity contribution in [2.45, 2.75) is 53.1 Å². The molecule has 0 radical (unpaired) electrons. The maximum Gasteiger partial charge on any atom is 0.108 e. The van der Waals surface area contributed by atoms with Gasteiger partial charge in [-0.25, -0.2) is 0 Å². The van der Waals surface area contributed by atoms with Gasteiger partial charge in [0.05, 0.1) is 6.61 Å². The highest BCUT2D eigenvalue weighted by atomic mass is 16.5. The quantitative estimate of drug-likeness (QED) is 0.474. The Kier molecular flexibility index (Phi) is 7.09. The lowest BCUT2D eigenvalue weighted by atomic mass is 9.84. The van der Waals surface area contributed by atoms with E-state index in [-0.39, 0.29) is 11.5 Å². The van der Waals surface area contributed by atoms with E-state index >= 15 is 0 Å². The van der Waals surface area contributed by atoms with Gasteiger partial charge in [0.2, 0.25) is 0 Å². The molecule has 2 aromatic rings. The van der Waals surface area contributed by atoms with Gasteiger partial charge >= 0.3 is 0 Å². The van der Waals surface area contributed by atoms with Crippen molar-refractivity contribution in [2.75, 3.05) is 26.2 Å². The van der Waals surface area contributed by atoms with Gasteiger partial charge in [-0.3, -0.25) is 0 Å². The van der Waals surface area contributed by atoms with E-state index in [0.717, 1.165) is 62.7 Å². The second kappa shape index (κ2) is 10.3. The number of hydrogen-bond acceptors (Lipinski definition) is 4. The van der Waals surface area contributed by atoms with E-state index in [9.17, 15) is 0 Å². The smallest absolute Gasteiger partial charge is 0.108 e. The number of allylic oxidation sites excluding steroid dienone is 5. The SMILES string of the molecule is CC1=C(C)C2=C(N)C(C)(CN3CCC(COC(c4ccccc4)c4ccccc4)CC3)CC2=C(C)O1. The van der Waals surface area contributed by atoms with E-state index in [2.05, 4.69) is 86.3 Å². The molecule has 0 spiro atoms. The molecule has 2 aromatic carbocycles. The summed E-state index contributed by atoms with van der Waals surface area (Å²) in [5.41, 5.74) is 14.0. The van der Waals surface area contributed by atoms with Gasteiger partial charge in [0, 0.05) is 28.8 Å². The van der Waals surface area contributed by atoms with E-state index < -0.39 is 0 Å². The summed E-state index contributed by atoms with van der Waals surface area (Å²) in [6.07, 6.45) is 3.26. The van der Waals surface area contributed by atoms with Crippen LogP contribution in [0.4, 0.5) is 0 Å². The molecule has 2 aliphatic heterocycles. The normalized spacial score (nSPS) is 23.5. The van der Waals surface area contributed by atoms with Crippen molar-refractivity contribution in [3.05, 3.63) is 106 Å². The summed E-state index contributed by atoms with van der Waals surface area (Å²) in [6, 6.07) is 21.2. The molecule has 1 fully saturated rings. The highest BCUT2D eigenvalue weighted by Gasteiger charge is 2.43. The number of piperidine rings is 1. The Bertz CT molecular complexity index is 1130. The van der Waals surface area contributed by atoms with Gasteiger partial charge in [0.25, 0.3) is 0 Å². The summed E-state index contributed by atoms with van der Waals surface area (Å²) in [6.45, 7) is 12.6. The lowest BCUT2D eigenvalue weighted by Crippen LogP contribution is -2.42. The fraction of sp³-hybridized carbons (Fsp3) is 0.438. The van der Waals surface area contributed by atoms with Crippen LogP contribution in [0.2, 0.25) is 0 Å². The first-order valence-corrected chi connectivity index (χ1v) is 13.4. The highest BCUT2D eigenvalue weighted by molar-refractivity contribution is 5.58. The second-order valence-electron chi connectivity index (χ2n) is 11.1. The van der Waals surface area contributed by atoms with Crippen molar-refractivity contribution in [3.63, 3.8) is 0 Å². The van der Waals surface area contributed by atoms with Gasteiger partial charge in [-0.15, -0.1) is 0 Å². The van der Waals surface area contributed by atoms with Gasteiger partial charge in [-0.05, 0) is 75.7 Å². The van der Waals surface area contributed by atoms with Crippen LogP contribution in [0.25, 0.3) is 0 Å². The molecular weight excluding hydrogens is 444 g/mol. The van der Waals surface area contributed by atoms with Crippen molar-refractivity contribution < 1.29 is 9.47 Å². The largest absolute Gasteiger partial charge is 0.466 e. The summed E-state index contributed by atoms with van der Waals surface area (Å²) >= 11 is 0. The highest BCUT2D eigenvalue weighted by Crippen LogP contribution is 2.50. The molecule has 1 saturated heterocycles. The van der Waals surface area contributed by atoms with Gasteiger partial charge in [0.1, 0.15) is 17.6 Å². The van der Waals surface area contributed by atoms with E-state index in [1.807, 2.05) is 6.92 Å². The zero-order valence-electron chi connectivity index (χ0n) is 22.2. The number of nitrogens with two attached hydrogens (primary N) is 1. The molecule has 190 valence electrons. The van der Waals surface area contributed by atoms with Crippen molar-refractivity contribution >= 4 is 0 Å². The van der Waals surface area contributed by atoms with Crippen LogP contribution in [-0.4, -0.2) is 31.1 Å². The number of rotatable bonds is 7. The predicted molar refractivity (Wildman–Crippen MR) is 146 cm³/mol. The van der Waals surface area contributed by atoms with E-state index in [1.54, 1.807) is 0 Å². The second-order valence-corrected chi connectivity index (χ2v) is 11.1. The molecule has 0 amide bonds. The Hall–Kier alpha value is -2.82.